The van der Waals surface area contributed by atoms with E-state index in [-0.39, 0.29) is 5.92 Å². The molecule has 1 atom stereocenters. The van der Waals surface area contributed by atoms with Crippen molar-refractivity contribution in [2.45, 2.75) is 19.8 Å². The first-order valence-electron chi connectivity index (χ1n) is 8.08. The van der Waals surface area contributed by atoms with Crippen molar-refractivity contribution in [2.24, 2.45) is 5.92 Å². The first-order valence-corrected chi connectivity index (χ1v) is 8.96. The summed E-state index contributed by atoms with van der Waals surface area (Å²) in [5.74, 6) is 6.88. The summed E-state index contributed by atoms with van der Waals surface area (Å²) in [5, 5.41) is 2.01. The lowest BCUT2D eigenvalue weighted by atomic mass is 9.92. The highest BCUT2D eigenvalue weighted by molar-refractivity contribution is 7.12. The van der Waals surface area contributed by atoms with Crippen LogP contribution in [-0.2, 0) is 0 Å². The number of hydrogen-bond donors (Lipinski definition) is 0. The second kappa shape index (κ2) is 7.59. The molecule has 3 rings (SSSR count). The Morgan fingerprint density at radius 3 is 2.87 bits per heavy atom. The van der Waals surface area contributed by atoms with Gasteiger partial charge in [-0.3, -0.25) is 9.69 Å². The van der Waals surface area contributed by atoms with Gasteiger partial charge in [-0.2, -0.15) is 0 Å². The standard InChI is InChI=1S/C20H21NOS/c1-16-11-14-23-20(16)19(22)18-10-6-13-21(15-18)12-5-9-17-7-3-2-4-8-17/h2-4,7-8,11,14,18H,6,10,12-13,15H2,1H3. The third-order valence-electron chi connectivity index (χ3n) is 4.27. The fourth-order valence-electron chi connectivity index (χ4n) is 3.00. The quantitative estimate of drug-likeness (QED) is 0.628. The molecular weight excluding hydrogens is 302 g/mol. The minimum absolute atomic E-state index is 0.125. The van der Waals surface area contributed by atoms with Gasteiger partial charge in [0.25, 0.3) is 0 Å². The number of aryl methyl sites for hydroxylation is 1. The molecule has 1 unspecified atom stereocenters. The number of carbonyl (C=O) groups excluding carboxylic acids is 1. The van der Waals surface area contributed by atoms with E-state index in [1.165, 1.54) is 0 Å². The summed E-state index contributed by atoms with van der Waals surface area (Å²) in [7, 11) is 0. The number of piperidine rings is 1. The van der Waals surface area contributed by atoms with Gasteiger partial charge in [-0.25, -0.2) is 0 Å². The van der Waals surface area contributed by atoms with Crippen molar-refractivity contribution in [2.75, 3.05) is 19.6 Å². The molecule has 3 heteroatoms. The van der Waals surface area contributed by atoms with E-state index in [1.54, 1.807) is 11.3 Å². The van der Waals surface area contributed by atoms with E-state index in [0.717, 1.165) is 48.5 Å². The Balaban J connectivity index is 1.59. The number of nitrogens with zero attached hydrogens (tertiary/aromatic N) is 1. The zero-order valence-electron chi connectivity index (χ0n) is 13.4. The topological polar surface area (TPSA) is 20.3 Å². The summed E-state index contributed by atoms with van der Waals surface area (Å²) in [6.07, 6.45) is 2.08. The Bertz CT molecular complexity index is 723. The Kier molecular flexibility index (Phi) is 5.27. The maximum Gasteiger partial charge on any atom is 0.177 e. The van der Waals surface area contributed by atoms with Crippen LogP contribution in [0.25, 0.3) is 0 Å². The molecule has 2 aromatic rings. The van der Waals surface area contributed by atoms with Crippen molar-refractivity contribution < 1.29 is 4.79 Å². The number of carbonyl (C=O) groups is 1. The normalized spacial score (nSPS) is 18.2. The number of likely N-dealkylation sites (tertiary alicyclic amines) is 1. The van der Waals surface area contributed by atoms with Gasteiger partial charge in [0.15, 0.2) is 5.78 Å². The molecule has 0 bridgehead atoms. The smallest absolute Gasteiger partial charge is 0.177 e. The van der Waals surface area contributed by atoms with Crippen LogP contribution in [0.2, 0.25) is 0 Å². The van der Waals surface area contributed by atoms with Crippen LogP contribution in [0.1, 0.15) is 33.6 Å². The van der Waals surface area contributed by atoms with Gasteiger partial charge in [0.05, 0.1) is 11.4 Å². The van der Waals surface area contributed by atoms with Crippen molar-refractivity contribution in [1.29, 1.82) is 0 Å². The summed E-state index contributed by atoms with van der Waals surface area (Å²) in [6, 6.07) is 12.1. The fourth-order valence-corrected chi connectivity index (χ4v) is 3.94. The Labute approximate surface area is 142 Å². The monoisotopic (exact) mass is 323 g/mol. The van der Waals surface area contributed by atoms with Gasteiger partial charge in [-0.15, -0.1) is 11.3 Å². The molecule has 0 aliphatic carbocycles. The van der Waals surface area contributed by atoms with E-state index in [0.29, 0.717) is 5.78 Å². The van der Waals surface area contributed by atoms with E-state index in [4.69, 9.17) is 0 Å². The van der Waals surface area contributed by atoms with E-state index >= 15 is 0 Å². The number of hydrogen-bond acceptors (Lipinski definition) is 3. The second-order valence-electron chi connectivity index (χ2n) is 6.04. The van der Waals surface area contributed by atoms with E-state index in [9.17, 15) is 4.79 Å². The molecule has 1 fully saturated rings. The average Bonchev–Trinajstić information content (AvgIpc) is 3.01. The maximum atomic E-state index is 12.7. The van der Waals surface area contributed by atoms with Gasteiger partial charge in [-0.05, 0) is 55.5 Å². The third-order valence-corrected chi connectivity index (χ3v) is 5.30. The lowest BCUT2D eigenvalue weighted by molar-refractivity contribution is 0.0837. The van der Waals surface area contributed by atoms with E-state index in [2.05, 4.69) is 16.7 Å². The van der Waals surface area contributed by atoms with Gasteiger partial charge < -0.3 is 0 Å². The molecule has 2 heterocycles. The van der Waals surface area contributed by atoms with Crippen molar-refractivity contribution in [3.05, 3.63) is 57.8 Å². The number of rotatable bonds is 3. The molecule has 1 aliphatic heterocycles. The van der Waals surface area contributed by atoms with Crippen LogP contribution in [0, 0.1) is 24.7 Å². The van der Waals surface area contributed by atoms with Crippen molar-refractivity contribution >= 4 is 17.1 Å². The van der Waals surface area contributed by atoms with E-state index < -0.39 is 0 Å². The maximum absolute atomic E-state index is 12.7. The molecule has 1 aliphatic rings. The molecule has 1 aromatic heterocycles. The van der Waals surface area contributed by atoms with Crippen molar-refractivity contribution in [1.82, 2.24) is 4.90 Å². The highest BCUT2D eigenvalue weighted by atomic mass is 32.1. The SMILES string of the molecule is Cc1ccsc1C(=O)C1CCCN(CC#Cc2ccccc2)C1. The molecule has 0 radical (unpaired) electrons. The van der Waals surface area contributed by atoms with Gasteiger partial charge in [-0.1, -0.05) is 30.0 Å². The minimum atomic E-state index is 0.125. The predicted octanol–water partition coefficient (Wildman–Crippen LogP) is 4.00. The van der Waals surface area contributed by atoms with Crippen LogP contribution >= 0.6 is 11.3 Å². The predicted molar refractivity (Wildman–Crippen MR) is 95.9 cm³/mol. The molecule has 0 spiro atoms. The minimum Gasteiger partial charge on any atom is -0.293 e. The summed E-state index contributed by atoms with van der Waals surface area (Å²) < 4.78 is 0. The van der Waals surface area contributed by atoms with Crippen LogP contribution in [-0.4, -0.2) is 30.3 Å². The molecular formula is C20H21NOS. The van der Waals surface area contributed by atoms with Crippen LogP contribution in [0.15, 0.2) is 41.8 Å². The van der Waals surface area contributed by atoms with E-state index in [1.807, 2.05) is 48.7 Å². The molecule has 0 N–H and O–H groups in total. The average molecular weight is 323 g/mol. The van der Waals surface area contributed by atoms with Crippen LogP contribution < -0.4 is 0 Å². The van der Waals surface area contributed by atoms with Gasteiger partial charge in [0.2, 0.25) is 0 Å². The number of Topliss-reactive ketones (excluding diaryl/α,β-unsaturated/α-hetero) is 1. The Morgan fingerprint density at radius 2 is 2.13 bits per heavy atom. The zero-order valence-corrected chi connectivity index (χ0v) is 14.2. The Hall–Kier alpha value is -1.89. The molecule has 23 heavy (non-hydrogen) atoms. The highest BCUT2D eigenvalue weighted by Gasteiger charge is 2.27. The fraction of sp³-hybridized carbons (Fsp3) is 0.350. The number of benzene rings is 1. The van der Waals surface area contributed by atoms with Crippen LogP contribution in [0.5, 0.6) is 0 Å². The molecule has 0 amide bonds. The molecule has 118 valence electrons. The van der Waals surface area contributed by atoms with Crippen LogP contribution in [0.3, 0.4) is 0 Å². The van der Waals surface area contributed by atoms with Gasteiger partial charge >= 0.3 is 0 Å². The molecule has 1 aromatic carbocycles. The summed E-state index contributed by atoms with van der Waals surface area (Å²) in [4.78, 5) is 15.9. The van der Waals surface area contributed by atoms with Crippen molar-refractivity contribution in [3.8, 4) is 11.8 Å². The summed E-state index contributed by atoms with van der Waals surface area (Å²) >= 11 is 1.57. The van der Waals surface area contributed by atoms with Gasteiger partial charge in [0.1, 0.15) is 0 Å². The largest absolute Gasteiger partial charge is 0.293 e. The lowest BCUT2D eigenvalue weighted by Gasteiger charge is -2.30. The lowest BCUT2D eigenvalue weighted by Crippen LogP contribution is -2.38. The Morgan fingerprint density at radius 1 is 1.30 bits per heavy atom. The van der Waals surface area contributed by atoms with Crippen molar-refractivity contribution in [3.63, 3.8) is 0 Å². The van der Waals surface area contributed by atoms with Crippen LogP contribution in [0.4, 0.5) is 0 Å². The molecule has 1 saturated heterocycles. The molecule has 2 nitrogen and oxygen atoms in total. The van der Waals surface area contributed by atoms with Gasteiger partial charge in [0, 0.05) is 18.0 Å². The first kappa shape index (κ1) is 16.0. The highest BCUT2D eigenvalue weighted by Crippen LogP contribution is 2.25. The zero-order chi connectivity index (χ0) is 16.1. The number of thiophene rings is 1. The third kappa shape index (κ3) is 4.10. The summed E-state index contributed by atoms with van der Waals surface area (Å²) in [5.41, 5.74) is 2.16. The summed E-state index contributed by atoms with van der Waals surface area (Å²) in [6.45, 7) is 4.63. The molecule has 0 saturated carbocycles. The first-order chi connectivity index (χ1) is 11.2. The number of ketones is 1. The second-order valence-corrected chi connectivity index (χ2v) is 6.96.